The molecule has 0 unspecified atom stereocenters. The van der Waals surface area contributed by atoms with E-state index < -0.39 is 0 Å². The molecule has 2 N–H and O–H groups in total. The van der Waals surface area contributed by atoms with Crippen LogP contribution in [0.1, 0.15) is 42.0 Å². The second-order valence-corrected chi connectivity index (χ2v) is 6.81. The van der Waals surface area contributed by atoms with Gasteiger partial charge in [-0.05, 0) is 61.6 Å². The normalized spacial score (nSPS) is 10.6. The fraction of sp³-hybridized carbons (Fsp3) is 0.318. The quantitative estimate of drug-likeness (QED) is 0.549. The number of nitrogens with one attached hydrogen (secondary N) is 1. The van der Waals surface area contributed by atoms with Crippen LogP contribution in [0, 0.1) is 13.8 Å². The van der Waals surface area contributed by atoms with E-state index in [1.165, 1.54) is 0 Å². The molecule has 0 amide bonds. The third-order valence-corrected chi connectivity index (χ3v) is 4.72. The third-order valence-electron chi connectivity index (χ3n) is 4.72. The number of phenolic OH excluding ortho intramolecular Hbond substituents is 1. The number of phenols is 1. The predicted molar refractivity (Wildman–Crippen MR) is 113 cm³/mol. The first kappa shape index (κ1) is 20.8. The Hall–Kier alpha value is -2.46. The molecule has 144 valence electrons. The van der Waals surface area contributed by atoms with Crippen LogP contribution in [0.4, 0.5) is 5.69 Å². The molecule has 2 aromatic carbocycles. The summed E-state index contributed by atoms with van der Waals surface area (Å²) < 4.78 is 5.48. The lowest BCUT2D eigenvalue weighted by atomic mass is 10.0. The molecule has 5 heteroatoms. The summed E-state index contributed by atoms with van der Waals surface area (Å²) in [6.07, 6.45) is 2.89. The SMILES string of the molecule is CCCCc1cc(=O)oc2c(CNc3cc(C)ccc3C)c(O)ccc12.Cl. The molecular formula is C22H26ClNO3. The number of benzene rings is 2. The summed E-state index contributed by atoms with van der Waals surface area (Å²) in [5.74, 6) is 0.131. The van der Waals surface area contributed by atoms with Crippen molar-refractivity contribution in [1.82, 2.24) is 0 Å². The van der Waals surface area contributed by atoms with Crippen molar-refractivity contribution in [3.8, 4) is 5.75 Å². The molecule has 3 rings (SSSR count). The van der Waals surface area contributed by atoms with Gasteiger partial charge in [0.25, 0.3) is 0 Å². The molecule has 0 fully saturated rings. The Morgan fingerprint density at radius 2 is 1.89 bits per heavy atom. The van der Waals surface area contributed by atoms with Gasteiger partial charge in [0.15, 0.2) is 0 Å². The van der Waals surface area contributed by atoms with Gasteiger partial charge < -0.3 is 14.8 Å². The maximum Gasteiger partial charge on any atom is 0.336 e. The number of aromatic hydroxyl groups is 1. The Balaban J connectivity index is 0.00000261. The maximum atomic E-state index is 12.0. The van der Waals surface area contributed by atoms with Crippen LogP contribution in [0.5, 0.6) is 5.75 Å². The molecule has 0 aliphatic rings. The van der Waals surface area contributed by atoms with Crippen LogP contribution in [0.2, 0.25) is 0 Å². The predicted octanol–water partition coefficient (Wildman–Crippen LogP) is 5.49. The van der Waals surface area contributed by atoms with Crippen molar-refractivity contribution in [3.63, 3.8) is 0 Å². The minimum Gasteiger partial charge on any atom is -0.507 e. The molecule has 0 atom stereocenters. The number of fused-ring (bicyclic) bond motifs is 1. The first-order valence-electron chi connectivity index (χ1n) is 9.08. The monoisotopic (exact) mass is 387 g/mol. The molecule has 4 nitrogen and oxygen atoms in total. The maximum absolute atomic E-state index is 12.0. The summed E-state index contributed by atoms with van der Waals surface area (Å²) in [6.45, 7) is 6.58. The van der Waals surface area contributed by atoms with Gasteiger partial charge in [-0.15, -0.1) is 12.4 Å². The van der Waals surface area contributed by atoms with Gasteiger partial charge >= 0.3 is 5.63 Å². The van der Waals surface area contributed by atoms with E-state index in [9.17, 15) is 9.90 Å². The van der Waals surface area contributed by atoms with Gasteiger partial charge in [-0.3, -0.25) is 0 Å². The molecule has 0 saturated carbocycles. The minimum atomic E-state index is -0.373. The number of hydrogen-bond donors (Lipinski definition) is 2. The second-order valence-electron chi connectivity index (χ2n) is 6.81. The largest absolute Gasteiger partial charge is 0.507 e. The van der Waals surface area contributed by atoms with E-state index in [0.29, 0.717) is 17.7 Å². The zero-order valence-corrected chi connectivity index (χ0v) is 16.8. The summed E-state index contributed by atoms with van der Waals surface area (Å²) in [5, 5.41) is 14.6. The average Bonchev–Trinajstić information content (AvgIpc) is 2.61. The van der Waals surface area contributed by atoms with Crippen LogP contribution < -0.4 is 10.9 Å². The number of unbranched alkanes of at least 4 members (excludes halogenated alkanes) is 1. The van der Waals surface area contributed by atoms with Crippen molar-refractivity contribution >= 4 is 29.1 Å². The minimum absolute atomic E-state index is 0. The number of halogens is 1. The Morgan fingerprint density at radius 3 is 2.63 bits per heavy atom. The molecule has 3 aromatic rings. The average molecular weight is 388 g/mol. The van der Waals surface area contributed by atoms with Gasteiger partial charge in [-0.2, -0.15) is 0 Å². The second kappa shape index (κ2) is 8.96. The topological polar surface area (TPSA) is 62.5 Å². The fourth-order valence-electron chi connectivity index (χ4n) is 3.19. The summed E-state index contributed by atoms with van der Waals surface area (Å²) >= 11 is 0. The lowest BCUT2D eigenvalue weighted by Crippen LogP contribution is -2.06. The molecular weight excluding hydrogens is 362 g/mol. The smallest absolute Gasteiger partial charge is 0.336 e. The molecule has 0 spiro atoms. The summed E-state index contributed by atoms with van der Waals surface area (Å²) in [5.41, 5.74) is 4.98. The highest BCUT2D eigenvalue weighted by molar-refractivity contribution is 5.86. The number of hydrogen-bond acceptors (Lipinski definition) is 4. The Morgan fingerprint density at radius 1 is 1.11 bits per heavy atom. The van der Waals surface area contributed by atoms with Crippen LogP contribution >= 0.6 is 12.4 Å². The number of aryl methyl sites for hydroxylation is 3. The molecule has 0 bridgehead atoms. The molecule has 0 radical (unpaired) electrons. The lowest BCUT2D eigenvalue weighted by Gasteiger charge is -2.14. The first-order valence-corrected chi connectivity index (χ1v) is 9.08. The van der Waals surface area contributed by atoms with Gasteiger partial charge in [0.05, 0.1) is 5.56 Å². The standard InChI is InChI=1S/C22H25NO3.ClH/c1-4-5-6-16-12-21(25)26-22-17(16)9-10-20(24)18(22)13-23-19-11-14(2)7-8-15(19)3;/h7-12,23-24H,4-6,13H2,1-3H3;1H. The fourth-order valence-corrected chi connectivity index (χ4v) is 3.19. The number of anilines is 1. The van der Waals surface area contributed by atoms with Crippen LogP contribution in [-0.2, 0) is 13.0 Å². The highest BCUT2D eigenvalue weighted by Gasteiger charge is 2.14. The van der Waals surface area contributed by atoms with Crippen molar-refractivity contribution in [2.24, 2.45) is 0 Å². The van der Waals surface area contributed by atoms with Crippen molar-refractivity contribution in [1.29, 1.82) is 0 Å². The first-order chi connectivity index (χ1) is 12.5. The van der Waals surface area contributed by atoms with Crippen molar-refractivity contribution in [2.75, 3.05) is 5.32 Å². The van der Waals surface area contributed by atoms with E-state index >= 15 is 0 Å². The zero-order valence-electron chi connectivity index (χ0n) is 16.0. The summed E-state index contributed by atoms with van der Waals surface area (Å²) in [7, 11) is 0. The van der Waals surface area contributed by atoms with Crippen molar-refractivity contribution in [3.05, 3.63) is 69.1 Å². The van der Waals surface area contributed by atoms with E-state index in [1.807, 2.05) is 19.9 Å². The van der Waals surface area contributed by atoms with E-state index in [1.54, 1.807) is 12.1 Å². The highest BCUT2D eigenvalue weighted by Crippen LogP contribution is 2.30. The van der Waals surface area contributed by atoms with Gasteiger partial charge in [0.1, 0.15) is 11.3 Å². The van der Waals surface area contributed by atoms with E-state index in [-0.39, 0.29) is 23.8 Å². The lowest BCUT2D eigenvalue weighted by molar-refractivity contribution is 0.466. The van der Waals surface area contributed by atoms with Gasteiger partial charge in [0, 0.05) is 23.7 Å². The van der Waals surface area contributed by atoms with Gasteiger partial charge in [0.2, 0.25) is 0 Å². The highest BCUT2D eigenvalue weighted by atomic mass is 35.5. The van der Waals surface area contributed by atoms with E-state index in [4.69, 9.17) is 4.42 Å². The number of rotatable bonds is 6. The molecule has 1 aromatic heterocycles. The Kier molecular flexibility index (Phi) is 6.92. The van der Waals surface area contributed by atoms with Crippen LogP contribution in [0.25, 0.3) is 11.0 Å². The molecule has 27 heavy (non-hydrogen) atoms. The van der Waals surface area contributed by atoms with Crippen molar-refractivity contribution < 1.29 is 9.52 Å². The molecule has 0 saturated heterocycles. The molecule has 1 heterocycles. The van der Waals surface area contributed by atoms with Gasteiger partial charge in [-0.1, -0.05) is 25.5 Å². The third kappa shape index (κ3) is 4.64. The molecule has 0 aliphatic heterocycles. The summed E-state index contributed by atoms with van der Waals surface area (Å²) in [6, 6.07) is 11.3. The van der Waals surface area contributed by atoms with E-state index in [2.05, 4.69) is 30.4 Å². The van der Waals surface area contributed by atoms with Crippen LogP contribution in [0.15, 0.2) is 45.6 Å². The van der Waals surface area contributed by atoms with E-state index in [0.717, 1.165) is 47.0 Å². The van der Waals surface area contributed by atoms with Crippen LogP contribution in [0.3, 0.4) is 0 Å². The van der Waals surface area contributed by atoms with Crippen molar-refractivity contribution in [2.45, 2.75) is 46.6 Å². The Bertz CT molecular complexity index is 995. The van der Waals surface area contributed by atoms with Gasteiger partial charge in [-0.25, -0.2) is 4.79 Å². The zero-order chi connectivity index (χ0) is 18.7. The summed E-state index contributed by atoms with van der Waals surface area (Å²) in [4.78, 5) is 12.0. The Labute approximate surface area is 165 Å². The van der Waals surface area contributed by atoms with Crippen LogP contribution in [-0.4, -0.2) is 5.11 Å². The molecule has 0 aliphatic carbocycles.